The van der Waals surface area contributed by atoms with E-state index in [1.807, 2.05) is 18.2 Å². The van der Waals surface area contributed by atoms with Crippen molar-refractivity contribution in [1.82, 2.24) is 0 Å². The largest absolute Gasteiger partial charge is 0.496 e. The van der Waals surface area contributed by atoms with Gasteiger partial charge in [-0.2, -0.15) is 0 Å². The lowest BCUT2D eigenvalue weighted by molar-refractivity contribution is 0.405. The summed E-state index contributed by atoms with van der Waals surface area (Å²) >= 11 is 7.66. The normalized spacial score (nSPS) is 12.5. The van der Waals surface area contributed by atoms with Gasteiger partial charge in [-0.3, -0.25) is 0 Å². The van der Waals surface area contributed by atoms with Crippen molar-refractivity contribution in [2.45, 2.75) is 11.8 Å². The Balaban J connectivity index is 2.69. The second-order valence-corrected chi connectivity index (χ2v) is 4.95. The van der Waals surface area contributed by atoms with E-state index in [4.69, 9.17) is 22.1 Å². The van der Waals surface area contributed by atoms with Crippen LogP contribution >= 0.6 is 23.4 Å². The summed E-state index contributed by atoms with van der Waals surface area (Å²) in [7, 11) is 1.67. The molecule has 2 nitrogen and oxygen atoms in total. The van der Waals surface area contributed by atoms with Crippen molar-refractivity contribution < 1.29 is 4.74 Å². The van der Waals surface area contributed by atoms with E-state index in [9.17, 15) is 0 Å². The van der Waals surface area contributed by atoms with Crippen LogP contribution in [0.25, 0.3) is 0 Å². The maximum Gasteiger partial charge on any atom is 0.132 e. The summed E-state index contributed by atoms with van der Waals surface area (Å²) in [6, 6.07) is 5.64. The SMILES string of the molecule is COc1ccc(Cl)cc1SCC(C)CN. The Kier molecular flexibility index (Phi) is 5.29. The summed E-state index contributed by atoms with van der Waals surface area (Å²) in [5, 5.41) is 0.735. The number of benzene rings is 1. The zero-order valence-electron chi connectivity index (χ0n) is 9.00. The number of halogens is 1. The third-order valence-electron chi connectivity index (χ3n) is 2.05. The van der Waals surface area contributed by atoms with Crippen LogP contribution in [0, 0.1) is 5.92 Å². The fourth-order valence-corrected chi connectivity index (χ4v) is 2.40. The molecule has 0 aromatic heterocycles. The highest BCUT2D eigenvalue weighted by atomic mass is 35.5. The molecule has 0 radical (unpaired) electrons. The van der Waals surface area contributed by atoms with E-state index in [0.717, 1.165) is 21.4 Å². The molecule has 1 rings (SSSR count). The van der Waals surface area contributed by atoms with E-state index < -0.39 is 0 Å². The van der Waals surface area contributed by atoms with Gasteiger partial charge in [-0.1, -0.05) is 18.5 Å². The van der Waals surface area contributed by atoms with E-state index in [-0.39, 0.29) is 0 Å². The molecule has 4 heteroatoms. The van der Waals surface area contributed by atoms with Gasteiger partial charge in [0.2, 0.25) is 0 Å². The molecule has 0 aliphatic heterocycles. The molecular formula is C11H16ClNOS. The van der Waals surface area contributed by atoms with E-state index in [2.05, 4.69) is 6.92 Å². The molecule has 2 N–H and O–H groups in total. The molecule has 0 amide bonds. The third kappa shape index (κ3) is 3.93. The van der Waals surface area contributed by atoms with Crippen LogP contribution in [-0.2, 0) is 0 Å². The van der Waals surface area contributed by atoms with Crippen LogP contribution in [0.2, 0.25) is 5.02 Å². The molecule has 1 unspecified atom stereocenters. The Bertz CT molecular complexity index is 319. The lowest BCUT2D eigenvalue weighted by atomic mass is 10.2. The number of hydrogen-bond acceptors (Lipinski definition) is 3. The van der Waals surface area contributed by atoms with E-state index >= 15 is 0 Å². The van der Waals surface area contributed by atoms with E-state index in [0.29, 0.717) is 12.5 Å². The Hall–Kier alpha value is -0.380. The number of ether oxygens (including phenoxy) is 1. The Morgan fingerprint density at radius 2 is 2.27 bits per heavy atom. The molecule has 0 saturated heterocycles. The van der Waals surface area contributed by atoms with Crippen molar-refractivity contribution in [3.8, 4) is 5.75 Å². The molecular weight excluding hydrogens is 230 g/mol. The summed E-state index contributed by atoms with van der Waals surface area (Å²) in [6.07, 6.45) is 0. The molecule has 84 valence electrons. The van der Waals surface area contributed by atoms with Gasteiger partial charge in [0.1, 0.15) is 5.75 Å². The zero-order chi connectivity index (χ0) is 11.3. The Morgan fingerprint density at radius 3 is 2.87 bits per heavy atom. The predicted octanol–water partition coefficient (Wildman–Crippen LogP) is 3.04. The molecule has 0 aliphatic rings. The number of thioether (sulfide) groups is 1. The van der Waals surface area contributed by atoms with Crippen LogP contribution in [0.4, 0.5) is 0 Å². The van der Waals surface area contributed by atoms with Crippen LogP contribution in [0.3, 0.4) is 0 Å². The van der Waals surface area contributed by atoms with Gasteiger partial charge in [0, 0.05) is 10.8 Å². The minimum absolute atomic E-state index is 0.499. The summed E-state index contributed by atoms with van der Waals surface area (Å²) in [4.78, 5) is 1.07. The first-order valence-electron chi connectivity index (χ1n) is 4.83. The number of hydrogen-bond donors (Lipinski definition) is 1. The van der Waals surface area contributed by atoms with Crippen LogP contribution in [0.5, 0.6) is 5.75 Å². The Morgan fingerprint density at radius 1 is 1.53 bits per heavy atom. The fraction of sp³-hybridized carbons (Fsp3) is 0.455. The highest BCUT2D eigenvalue weighted by Crippen LogP contribution is 2.32. The minimum Gasteiger partial charge on any atom is -0.496 e. The van der Waals surface area contributed by atoms with Gasteiger partial charge in [0.05, 0.1) is 12.0 Å². The molecule has 0 aliphatic carbocycles. The van der Waals surface area contributed by atoms with Gasteiger partial charge in [0.15, 0.2) is 0 Å². The van der Waals surface area contributed by atoms with Crippen molar-refractivity contribution in [2.24, 2.45) is 11.7 Å². The smallest absolute Gasteiger partial charge is 0.132 e. The van der Waals surface area contributed by atoms with Crippen molar-refractivity contribution in [3.05, 3.63) is 23.2 Å². The second kappa shape index (κ2) is 6.26. The van der Waals surface area contributed by atoms with E-state index in [1.165, 1.54) is 0 Å². The van der Waals surface area contributed by atoms with Gasteiger partial charge in [-0.05, 0) is 30.7 Å². The minimum atomic E-state index is 0.499. The topological polar surface area (TPSA) is 35.2 Å². The molecule has 0 saturated carbocycles. The number of nitrogens with two attached hydrogens (primary N) is 1. The highest BCUT2D eigenvalue weighted by molar-refractivity contribution is 7.99. The van der Waals surface area contributed by atoms with Crippen LogP contribution in [0.15, 0.2) is 23.1 Å². The van der Waals surface area contributed by atoms with Gasteiger partial charge in [0.25, 0.3) is 0 Å². The molecule has 1 aromatic carbocycles. The van der Waals surface area contributed by atoms with Gasteiger partial charge in [-0.15, -0.1) is 11.8 Å². The second-order valence-electron chi connectivity index (χ2n) is 3.45. The summed E-state index contributed by atoms with van der Waals surface area (Å²) in [5.74, 6) is 2.35. The molecule has 15 heavy (non-hydrogen) atoms. The monoisotopic (exact) mass is 245 g/mol. The summed E-state index contributed by atoms with van der Waals surface area (Å²) in [5.41, 5.74) is 5.57. The summed E-state index contributed by atoms with van der Waals surface area (Å²) < 4.78 is 5.26. The first-order valence-corrected chi connectivity index (χ1v) is 6.20. The molecule has 0 spiro atoms. The average molecular weight is 246 g/mol. The number of methoxy groups -OCH3 is 1. The van der Waals surface area contributed by atoms with E-state index in [1.54, 1.807) is 18.9 Å². The average Bonchev–Trinajstić information content (AvgIpc) is 2.26. The van der Waals surface area contributed by atoms with Gasteiger partial charge >= 0.3 is 0 Å². The Labute approximate surface area is 100 Å². The molecule has 1 atom stereocenters. The molecule has 1 aromatic rings. The van der Waals surface area contributed by atoms with Crippen LogP contribution in [0.1, 0.15) is 6.92 Å². The lowest BCUT2D eigenvalue weighted by Crippen LogP contribution is -2.12. The van der Waals surface area contributed by atoms with Crippen molar-refractivity contribution in [1.29, 1.82) is 0 Å². The molecule has 0 bridgehead atoms. The van der Waals surface area contributed by atoms with Crippen molar-refractivity contribution in [3.63, 3.8) is 0 Å². The number of rotatable bonds is 5. The first kappa shape index (κ1) is 12.7. The van der Waals surface area contributed by atoms with Gasteiger partial charge in [-0.25, -0.2) is 0 Å². The molecule has 0 fully saturated rings. The zero-order valence-corrected chi connectivity index (χ0v) is 10.6. The maximum atomic E-state index is 5.93. The maximum absolute atomic E-state index is 5.93. The van der Waals surface area contributed by atoms with Crippen molar-refractivity contribution in [2.75, 3.05) is 19.4 Å². The predicted molar refractivity (Wildman–Crippen MR) is 66.9 cm³/mol. The van der Waals surface area contributed by atoms with Crippen molar-refractivity contribution >= 4 is 23.4 Å². The fourth-order valence-electron chi connectivity index (χ4n) is 1.06. The molecule has 0 heterocycles. The van der Waals surface area contributed by atoms with Crippen LogP contribution in [-0.4, -0.2) is 19.4 Å². The summed E-state index contributed by atoms with van der Waals surface area (Å²) in [6.45, 7) is 2.83. The lowest BCUT2D eigenvalue weighted by Gasteiger charge is -2.11. The standard InChI is InChI=1S/C11H16ClNOS/c1-8(6-13)7-15-11-5-9(12)3-4-10(11)14-2/h3-5,8H,6-7,13H2,1-2H3. The third-order valence-corrected chi connectivity index (χ3v) is 3.65. The quantitative estimate of drug-likeness (QED) is 0.810. The van der Waals surface area contributed by atoms with Gasteiger partial charge < -0.3 is 10.5 Å². The van der Waals surface area contributed by atoms with Crippen LogP contribution < -0.4 is 10.5 Å². The highest BCUT2D eigenvalue weighted by Gasteiger charge is 2.06. The first-order chi connectivity index (χ1) is 7.17.